The molecular formula is C26H24FN3O2. The zero-order valence-corrected chi connectivity index (χ0v) is 18.4. The smallest absolute Gasteiger partial charge is 0.282 e. The van der Waals surface area contributed by atoms with Crippen LogP contribution in [0.3, 0.4) is 0 Å². The van der Waals surface area contributed by atoms with Gasteiger partial charge in [-0.15, -0.1) is 0 Å². The van der Waals surface area contributed by atoms with Gasteiger partial charge in [-0.25, -0.2) is 9.29 Å². The van der Waals surface area contributed by atoms with E-state index in [0.29, 0.717) is 22.5 Å². The normalized spacial score (nSPS) is 13.7. The van der Waals surface area contributed by atoms with Gasteiger partial charge in [0.05, 0.1) is 11.3 Å². The van der Waals surface area contributed by atoms with Crippen LogP contribution in [0.4, 0.5) is 21.5 Å². The zero-order chi connectivity index (χ0) is 23.0. The van der Waals surface area contributed by atoms with Crippen LogP contribution in [-0.2, 0) is 9.59 Å². The summed E-state index contributed by atoms with van der Waals surface area (Å²) in [5.74, 6) is -1.23. The predicted molar refractivity (Wildman–Crippen MR) is 126 cm³/mol. The molecule has 3 aromatic carbocycles. The Morgan fingerprint density at radius 2 is 1.50 bits per heavy atom. The lowest BCUT2D eigenvalue weighted by Crippen LogP contribution is -2.32. The fourth-order valence-corrected chi connectivity index (χ4v) is 3.80. The second-order valence-corrected chi connectivity index (χ2v) is 8.06. The topological polar surface area (TPSA) is 52.7 Å². The van der Waals surface area contributed by atoms with Gasteiger partial charge in [-0.3, -0.25) is 9.59 Å². The molecule has 162 valence electrons. The summed E-state index contributed by atoms with van der Waals surface area (Å²) < 4.78 is 13.4. The Bertz CT molecular complexity index is 1230. The van der Waals surface area contributed by atoms with Crippen LogP contribution in [0, 0.1) is 19.7 Å². The van der Waals surface area contributed by atoms with Gasteiger partial charge < -0.3 is 10.2 Å². The molecule has 1 aliphatic rings. The highest BCUT2D eigenvalue weighted by Gasteiger charge is 2.40. The average molecular weight is 429 g/mol. The first-order valence-corrected chi connectivity index (χ1v) is 10.3. The summed E-state index contributed by atoms with van der Waals surface area (Å²) in [6.45, 7) is 3.89. The lowest BCUT2D eigenvalue weighted by molar-refractivity contribution is -0.120. The Kier molecular flexibility index (Phi) is 5.53. The van der Waals surface area contributed by atoms with Crippen molar-refractivity contribution in [3.8, 4) is 0 Å². The standard InChI is InChI=1S/C26H24FN3O2/c1-16-5-14-22(17(2)15-16)23-24(28-19-8-6-18(27)7-9-19)26(32)30(25(23)31)21-12-10-20(11-13-21)29(3)4/h5-15,28H,1-4H3. The Balaban J connectivity index is 1.81. The van der Waals surface area contributed by atoms with Gasteiger partial charge in [0.25, 0.3) is 11.8 Å². The van der Waals surface area contributed by atoms with Crippen molar-refractivity contribution in [1.82, 2.24) is 0 Å². The molecule has 3 aromatic rings. The number of carbonyl (C=O) groups is 2. The lowest BCUT2D eigenvalue weighted by Gasteiger charge is -2.18. The quantitative estimate of drug-likeness (QED) is 0.586. The predicted octanol–water partition coefficient (Wildman–Crippen LogP) is 4.91. The number of rotatable bonds is 5. The number of nitrogens with one attached hydrogen (secondary N) is 1. The van der Waals surface area contributed by atoms with Crippen molar-refractivity contribution in [2.75, 3.05) is 29.2 Å². The van der Waals surface area contributed by atoms with Crippen LogP contribution in [-0.4, -0.2) is 25.9 Å². The van der Waals surface area contributed by atoms with E-state index in [0.717, 1.165) is 16.8 Å². The summed E-state index contributed by atoms with van der Waals surface area (Å²) in [5, 5.41) is 3.06. The van der Waals surface area contributed by atoms with Crippen LogP contribution in [0.25, 0.3) is 5.57 Å². The van der Waals surface area contributed by atoms with E-state index in [2.05, 4.69) is 5.32 Å². The van der Waals surface area contributed by atoms with Crippen LogP contribution in [0.5, 0.6) is 0 Å². The molecule has 5 nitrogen and oxygen atoms in total. The van der Waals surface area contributed by atoms with Crippen LogP contribution < -0.4 is 15.1 Å². The van der Waals surface area contributed by atoms with Crippen molar-refractivity contribution in [3.05, 3.63) is 94.9 Å². The van der Waals surface area contributed by atoms with Gasteiger partial charge in [-0.1, -0.05) is 23.8 Å². The van der Waals surface area contributed by atoms with E-state index >= 15 is 0 Å². The Labute approximate surface area is 186 Å². The molecule has 0 saturated carbocycles. The summed E-state index contributed by atoms with van der Waals surface area (Å²) in [4.78, 5) is 30.2. The summed E-state index contributed by atoms with van der Waals surface area (Å²) in [6, 6.07) is 18.7. The molecule has 0 saturated heterocycles. The molecule has 6 heteroatoms. The Morgan fingerprint density at radius 1 is 0.844 bits per heavy atom. The third-order valence-corrected chi connectivity index (χ3v) is 5.47. The molecule has 0 aromatic heterocycles. The molecule has 1 N–H and O–H groups in total. The van der Waals surface area contributed by atoms with E-state index in [1.54, 1.807) is 12.1 Å². The Morgan fingerprint density at radius 3 is 2.09 bits per heavy atom. The minimum absolute atomic E-state index is 0.172. The summed E-state index contributed by atoms with van der Waals surface area (Å²) >= 11 is 0. The summed E-state index contributed by atoms with van der Waals surface area (Å²) in [6.07, 6.45) is 0. The molecular weight excluding hydrogens is 405 g/mol. The van der Waals surface area contributed by atoms with Crippen LogP contribution in [0.2, 0.25) is 0 Å². The van der Waals surface area contributed by atoms with Gasteiger partial charge in [-0.2, -0.15) is 0 Å². The SMILES string of the molecule is Cc1ccc(C2=C(Nc3ccc(F)cc3)C(=O)N(c3ccc(N(C)C)cc3)C2=O)c(C)c1. The number of halogens is 1. The van der Waals surface area contributed by atoms with Crippen LogP contribution in [0.1, 0.15) is 16.7 Å². The molecule has 2 amide bonds. The minimum Gasteiger partial charge on any atom is -0.378 e. The summed E-state index contributed by atoms with van der Waals surface area (Å²) in [7, 11) is 3.84. The van der Waals surface area contributed by atoms with Crippen molar-refractivity contribution in [3.63, 3.8) is 0 Å². The second kappa shape index (κ2) is 8.30. The highest BCUT2D eigenvalue weighted by molar-refractivity contribution is 6.46. The number of anilines is 3. The van der Waals surface area contributed by atoms with Crippen molar-refractivity contribution < 1.29 is 14.0 Å². The van der Waals surface area contributed by atoms with Crippen LogP contribution in [0.15, 0.2) is 72.4 Å². The number of carbonyl (C=O) groups excluding carboxylic acids is 2. The van der Waals surface area contributed by atoms with Gasteiger partial charge in [0.2, 0.25) is 0 Å². The van der Waals surface area contributed by atoms with Gasteiger partial charge in [-0.05, 0) is 73.5 Å². The monoisotopic (exact) mass is 429 g/mol. The number of hydrogen-bond donors (Lipinski definition) is 1. The number of amides is 2. The van der Waals surface area contributed by atoms with Crippen molar-refractivity contribution >= 4 is 34.4 Å². The van der Waals surface area contributed by atoms with E-state index in [9.17, 15) is 14.0 Å². The van der Waals surface area contributed by atoms with Crippen molar-refractivity contribution in [2.24, 2.45) is 0 Å². The zero-order valence-electron chi connectivity index (χ0n) is 18.4. The second-order valence-electron chi connectivity index (χ2n) is 8.06. The maximum absolute atomic E-state index is 13.6. The largest absolute Gasteiger partial charge is 0.378 e. The molecule has 0 atom stereocenters. The maximum atomic E-state index is 13.6. The Hall–Kier alpha value is -3.93. The fraction of sp³-hybridized carbons (Fsp3) is 0.154. The number of nitrogens with zero attached hydrogens (tertiary/aromatic N) is 2. The van der Waals surface area contributed by atoms with Gasteiger partial charge >= 0.3 is 0 Å². The average Bonchev–Trinajstić information content (AvgIpc) is 2.99. The third kappa shape index (κ3) is 3.87. The third-order valence-electron chi connectivity index (χ3n) is 5.47. The molecule has 1 aliphatic heterocycles. The molecule has 0 radical (unpaired) electrons. The number of imide groups is 1. The summed E-state index contributed by atoms with van der Waals surface area (Å²) in [5.41, 5.74) is 5.08. The van der Waals surface area contributed by atoms with Crippen LogP contribution >= 0.6 is 0 Å². The highest BCUT2D eigenvalue weighted by Crippen LogP contribution is 2.35. The molecule has 0 fully saturated rings. The molecule has 4 rings (SSSR count). The molecule has 0 aliphatic carbocycles. The minimum atomic E-state index is -0.452. The number of aryl methyl sites for hydroxylation is 2. The number of hydrogen-bond acceptors (Lipinski definition) is 4. The fourth-order valence-electron chi connectivity index (χ4n) is 3.80. The highest BCUT2D eigenvalue weighted by atomic mass is 19.1. The van der Waals surface area contributed by atoms with Gasteiger partial charge in [0, 0.05) is 25.5 Å². The van der Waals surface area contributed by atoms with E-state index in [1.807, 2.05) is 63.2 Å². The molecule has 1 heterocycles. The van der Waals surface area contributed by atoms with E-state index < -0.39 is 11.8 Å². The molecule has 0 bridgehead atoms. The molecule has 32 heavy (non-hydrogen) atoms. The van der Waals surface area contributed by atoms with Crippen molar-refractivity contribution in [1.29, 1.82) is 0 Å². The van der Waals surface area contributed by atoms with Gasteiger partial charge in [0.1, 0.15) is 11.5 Å². The molecule has 0 unspecified atom stereocenters. The first kappa shape index (κ1) is 21.3. The first-order valence-electron chi connectivity index (χ1n) is 10.3. The van der Waals surface area contributed by atoms with E-state index in [-0.39, 0.29) is 11.5 Å². The van der Waals surface area contributed by atoms with E-state index in [1.165, 1.54) is 29.2 Å². The molecule has 0 spiro atoms. The first-order chi connectivity index (χ1) is 15.3. The lowest BCUT2D eigenvalue weighted by atomic mass is 9.97. The van der Waals surface area contributed by atoms with Gasteiger partial charge in [0.15, 0.2) is 0 Å². The van der Waals surface area contributed by atoms with E-state index in [4.69, 9.17) is 0 Å². The van der Waals surface area contributed by atoms with Crippen molar-refractivity contribution in [2.45, 2.75) is 13.8 Å². The maximum Gasteiger partial charge on any atom is 0.282 e. The number of benzene rings is 3.